The van der Waals surface area contributed by atoms with Crippen molar-refractivity contribution < 1.29 is 9.53 Å². The van der Waals surface area contributed by atoms with E-state index in [-0.39, 0.29) is 0 Å². The Hall–Kier alpha value is -2.66. The van der Waals surface area contributed by atoms with Gasteiger partial charge in [0.2, 0.25) is 0 Å². The van der Waals surface area contributed by atoms with Crippen LogP contribution < -0.4 is 5.32 Å². The monoisotopic (exact) mass is 341 g/mol. The van der Waals surface area contributed by atoms with Crippen LogP contribution in [-0.4, -0.2) is 23.9 Å². The molecule has 1 aromatic heterocycles. The molecule has 24 heavy (non-hydrogen) atoms. The summed E-state index contributed by atoms with van der Waals surface area (Å²) >= 11 is 6.33. The highest BCUT2D eigenvalue weighted by Gasteiger charge is 2.31. The van der Waals surface area contributed by atoms with Gasteiger partial charge in [-0.3, -0.25) is 9.98 Å². The molecular weight excluding hydrogens is 326 g/mol. The van der Waals surface area contributed by atoms with Crippen LogP contribution in [0, 0.1) is 0 Å². The summed E-state index contributed by atoms with van der Waals surface area (Å²) in [6.07, 6.45) is 1.69. The molecule has 3 rings (SSSR count). The van der Waals surface area contributed by atoms with Gasteiger partial charge >= 0.3 is 5.97 Å². The minimum Gasteiger partial charge on any atom is -0.466 e. The number of nitrogens with zero attached hydrogens (tertiary/aromatic N) is 2. The van der Waals surface area contributed by atoms with E-state index >= 15 is 0 Å². The number of rotatable bonds is 3. The zero-order chi connectivity index (χ0) is 17.1. The molecule has 0 bridgehead atoms. The number of aliphatic imine (C=N–C) groups is 1. The van der Waals surface area contributed by atoms with Crippen molar-refractivity contribution in [1.82, 2.24) is 10.3 Å². The van der Waals surface area contributed by atoms with Gasteiger partial charge in [-0.2, -0.15) is 0 Å². The van der Waals surface area contributed by atoms with Crippen molar-refractivity contribution in [2.45, 2.75) is 13.0 Å². The van der Waals surface area contributed by atoms with Crippen molar-refractivity contribution in [2.24, 2.45) is 4.99 Å². The van der Waals surface area contributed by atoms with Crippen molar-refractivity contribution in [3.8, 4) is 0 Å². The Morgan fingerprint density at radius 1 is 1.21 bits per heavy atom. The Balaban J connectivity index is 2.13. The number of benzene rings is 1. The predicted octanol–water partition coefficient (Wildman–Crippen LogP) is 3.27. The van der Waals surface area contributed by atoms with Gasteiger partial charge in [-0.05, 0) is 25.1 Å². The zero-order valence-electron chi connectivity index (χ0n) is 13.3. The second-order valence-electron chi connectivity index (χ2n) is 5.27. The average Bonchev–Trinajstić information content (AvgIpc) is 2.61. The topological polar surface area (TPSA) is 63.6 Å². The average molecular weight is 342 g/mol. The Morgan fingerprint density at radius 3 is 2.62 bits per heavy atom. The summed E-state index contributed by atoms with van der Waals surface area (Å²) in [6, 6.07) is 12.4. The van der Waals surface area contributed by atoms with Crippen LogP contribution in [-0.2, 0) is 9.53 Å². The maximum Gasteiger partial charge on any atom is 0.338 e. The van der Waals surface area contributed by atoms with Gasteiger partial charge in [0, 0.05) is 22.5 Å². The molecule has 1 N–H and O–H groups in total. The molecule has 0 amide bonds. The molecule has 1 atom stereocenters. The third-order valence-corrected chi connectivity index (χ3v) is 4.10. The number of nitrogens with one attached hydrogen (secondary N) is 1. The molecule has 122 valence electrons. The number of pyridine rings is 1. The molecule has 2 aromatic rings. The molecule has 0 unspecified atom stereocenters. The molecule has 0 fully saturated rings. The number of amidine groups is 1. The van der Waals surface area contributed by atoms with Gasteiger partial charge in [0.1, 0.15) is 11.7 Å². The number of aromatic nitrogens is 1. The summed E-state index contributed by atoms with van der Waals surface area (Å²) in [4.78, 5) is 21.3. The molecule has 6 heteroatoms. The Bertz CT molecular complexity index is 831. The van der Waals surface area contributed by atoms with Crippen LogP contribution >= 0.6 is 11.6 Å². The smallest absolute Gasteiger partial charge is 0.338 e. The molecular formula is C18H16ClN3O2. The van der Waals surface area contributed by atoms with Gasteiger partial charge in [0.25, 0.3) is 0 Å². The lowest BCUT2D eigenvalue weighted by atomic mass is 9.95. The van der Waals surface area contributed by atoms with E-state index in [4.69, 9.17) is 16.3 Å². The van der Waals surface area contributed by atoms with Crippen molar-refractivity contribution in [3.05, 3.63) is 76.2 Å². The first kappa shape index (κ1) is 16.2. The number of carbonyl (C=O) groups is 1. The number of halogens is 1. The molecule has 0 saturated carbocycles. The molecule has 0 spiro atoms. The van der Waals surface area contributed by atoms with Crippen LogP contribution in [0.1, 0.15) is 24.2 Å². The number of methoxy groups -OCH3 is 1. The van der Waals surface area contributed by atoms with E-state index in [0.717, 1.165) is 5.56 Å². The summed E-state index contributed by atoms with van der Waals surface area (Å²) in [7, 11) is 1.35. The van der Waals surface area contributed by atoms with E-state index in [0.29, 0.717) is 27.8 Å². The Kier molecular flexibility index (Phi) is 4.62. The van der Waals surface area contributed by atoms with Gasteiger partial charge in [0.05, 0.1) is 12.7 Å². The van der Waals surface area contributed by atoms with Crippen LogP contribution in [0.25, 0.3) is 0 Å². The lowest BCUT2D eigenvalue weighted by Crippen LogP contribution is -2.33. The molecule has 1 aromatic carbocycles. The first-order chi connectivity index (χ1) is 11.6. The second-order valence-corrected chi connectivity index (χ2v) is 5.68. The number of hydrogen-bond donors (Lipinski definition) is 1. The Labute approximate surface area is 145 Å². The third kappa shape index (κ3) is 3.03. The first-order valence-corrected chi connectivity index (χ1v) is 7.79. The van der Waals surface area contributed by atoms with Crippen molar-refractivity contribution in [2.75, 3.05) is 7.11 Å². The van der Waals surface area contributed by atoms with E-state index < -0.39 is 12.0 Å². The molecule has 0 radical (unpaired) electrons. The van der Waals surface area contributed by atoms with Gasteiger partial charge in [-0.1, -0.05) is 35.9 Å². The minimum absolute atomic E-state index is 0.435. The van der Waals surface area contributed by atoms with Gasteiger partial charge in [0.15, 0.2) is 5.84 Å². The summed E-state index contributed by atoms with van der Waals surface area (Å²) in [6.45, 7) is 1.81. The number of ether oxygens (including phenoxy) is 1. The second kappa shape index (κ2) is 6.84. The number of carbonyl (C=O) groups excluding carboxylic acids is 1. The van der Waals surface area contributed by atoms with Crippen LogP contribution in [0.4, 0.5) is 0 Å². The first-order valence-electron chi connectivity index (χ1n) is 7.41. The Morgan fingerprint density at radius 2 is 1.96 bits per heavy atom. The highest BCUT2D eigenvalue weighted by Crippen LogP contribution is 2.35. The molecule has 5 nitrogen and oxygen atoms in total. The van der Waals surface area contributed by atoms with Crippen molar-refractivity contribution in [3.63, 3.8) is 0 Å². The van der Waals surface area contributed by atoms with E-state index in [1.165, 1.54) is 7.11 Å². The number of esters is 1. The molecule has 0 saturated heterocycles. The van der Waals surface area contributed by atoms with Crippen molar-refractivity contribution in [1.29, 1.82) is 0 Å². The highest BCUT2D eigenvalue weighted by molar-refractivity contribution is 6.31. The molecule has 0 aliphatic carbocycles. The lowest BCUT2D eigenvalue weighted by molar-refractivity contribution is -0.136. The zero-order valence-corrected chi connectivity index (χ0v) is 14.0. The van der Waals surface area contributed by atoms with Gasteiger partial charge < -0.3 is 10.1 Å². The van der Waals surface area contributed by atoms with E-state index in [2.05, 4.69) is 15.3 Å². The summed E-state index contributed by atoms with van der Waals surface area (Å²) in [5, 5.41) is 3.68. The highest BCUT2D eigenvalue weighted by atomic mass is 35.5. The lowest BCUT2D eigenvalue weighted by Gasteiger charge is -2.26. The maximum absolute atomic E-state index is 12.3. The van der Waals surface area contributed by atoms with Gasteiger partial charge in [-0.15, -0.1) is 0 Å². The summed E-state index contributed by atoms with van der Waals surface area (Å²) < 4.78 is 4.93. The third-order valence-electron chi connectivity index (χ3n) is 3.75. The van der Waals surface area contributed by atoms with Gasteiger partial charge in [-0.25, -0.2) is 4.79 Å². The van der Waals surface area contributed by atoms with E-state index in [1.807, 2.05) is 43.3 Å². The normalized spacial score (nSPS) is 17.1. The van der Waals surface area contributed by atoms with E-state index in [1.54, 1.807) is 12.3 Å². The van der Waals surface area contributed by atoms with Crippen LogP contribution in [0.5, 0.6) is 0 Å². The van der Waals surface area contributed by atoms with Crippen LogP contribution in [0.15, 0.2) is 64.9 Å². The van der Waals surface area contributed by atoms with E-state index in [9.17, 15) is 4.79 Å². The standard InChI is InChI=1S/C18H16ClN3O2/c1-11-15(18(23)24-2)16(12-7-3-4-8-13(12)19)22-17(21-11)14-9-5-6-10-20-14/h3-10,16H,1-2H3,(H,21,22)/t16-/m0/s1. The quantitative estimate of drug-likeness (QED) is 0.870. The number of allylic oxidation sites excluding steroid dienone is 1. The fourth-order valence-corrected chi connectivity index (χ4v) is 2.84. The number of hydrogen-bond acceptors (Lipinski definition) is 5. The fourth-order valence-electron chi connectivity index (χ4n) is 2.61. The summed E-state index contributed by atoms with van der Waals surface area (Å²) in [5.74, 6) is 0.152. The minimum atomic E-state index is -0.551. The molecule has 1 aliphatic heterocycles. The largest absolute Gasteiger partial charge is 0.466 e. The fraction of sp³-hybridized carbons (Fsp3) is 0.167. The molecule has 2 heterocycles. The van der Waals surface area contributed by atoms with Crippen LogP contribution in [0.2, 0.25) is 5.02 Å². The SMILES string of the molecule is COC(=O)C1=C(C)NC(c2ccccn2)=N[C@H]1c1ccccc1Cl. The molecule has 1 aliphatic rings. The van der Waals surface area contributed by atoms with Crippen LogP contribution in [0.3, 0.4) is 0 Å². The predicted molar refractivity (Wildman–Crippen MR) is 92.8 cm³/mol. The van der Waals surface area contributed by atoms with Crippen molar-refractivity contribution >= 4 is 23.4 Å². The summed E-state index contributed by atoms with van der Waals surface area (Å²) in [5.41, 5.74) is 2.54. The maximum atomic E-state index is 12.3.